The summed E-state index contributed by atoms with van der Waals surface area (Å²) >= 11 is 1.60. The number of piperazine rings is 1. The maximum absolute atomic E-state index is 14.0. The third-order valence-electron chi connectivity index (χ3n) is 5.11. The van der Waals surface area contributed by atoms with E-state index in [0.29, 0.717) is 31.9 Å². The smallest absolute Gasteiger partial charge is 0.228 e. The first kappa shape index (κ1) is 20.3. The number of hydrogen-bond acceptors (Lipinski definition) is 6. The second kappa shape index (κ2) is 8.79. The Labute approximate surface area is 178 Å². The van der Waals surface area contributed by atoms with Crippen molar-refractivity contribution < 1.29 is 13.9 Å². The lowest BCUT2D eigenvalue weighted by atomic mass is 10.1. The second-order valence-corrected chi connectivity index (χ2v) is 8.42. The molecule has 30 heavy (non-hydrogen) atoms. The predicted molar refractivity (Wildman–Crippen MR) is 115 cm³/mol. The van der Waals surface area contributed by atoms with Gasteiger partial charge in [-0.25, -0.2) is 14.4 Å². The molecule has 1 aromatic carbocycles. The lowest BCUT2D eigenvalue weighted by Gasteiger charge is -2.40. The molecule has 0 bridgehead atoms. The number of ether oxygens (including phenoxy) is 1. The Kier molecular flexibility index (Phi) is 5.94. The number of hydrogen-bond donors (Lipinski definition) is 0. The van der Waals surface area contributed by atoms with Gasteiger partial charge in [0.2, 0.25) is 11.8 Å². The first-order valence-corrected chi connectivity index (χ1v) is 10.7. The average molecular weight is 427 g/mol. The van der Waals surface area contributed by atoms with Crippen molar-refractivity contribution in [1.29, 1.82) is 0 Å². The van der Waals surface area contributed by atoms with Gasteiger partial charge in [0.1, 0.15) is 12.1 Å². The van der Waals surface area contributed by atoms with Crippen molar-refractivity contribution in [3.8, 4) is 11.6 Å². The van der Waals surface area contributed by atoms with Gasteiger partial charge in [0.05, 0.1) is 6.42 Å². The van der Waals surface area contributed by atoms with Crippen LogP contribution >= 0.6 is 11.3 Å². The van der Waals surface area contributed by atoms with Gasteiger partial charge in [-0.2, -0.15) is 0 Å². The molecular formula is C22H23FN4O2S. The molecule has 1 atom stereocenters. The molecule has 1 fully saturated rings. The number of amides is 1. The van der Waals surface area contributed by atoms with Crippen molar-refractivity contribution >= 4 is 23.1 Å². The highest BCUT2D eigenvalue weighted by Gasteiger charge is 2.28. The number of halogens is 1. The van der Waals surface area contributed by atoms with Crippen LogP contribution in [0.1, 0.15) is 17.4 Å². The van der Waals surface area contributed by atoms with Crippen LogP contribution in [0.15, 0.2) is 48.1 Å². The Morgan fingerprint density at radius 3 is 2.90 bits per heavy atom. The fourth-order valence-corrected chi connectivity index (χ4v) is 4.26. The zero-order chi connectivity index (χ0) is 21.1. The number of aromatic nitrogens is 2. The Morgan fingerprint density at radius 1 is 1.27 bits per heavy atom. The van der Waals surface area contributed by atoms with E-state index >= 15 is 0 Å². The third-order valence-corrected chi connectivity index (χ3v) is 5.98. The van der Waals surface area contributed by atoms with Gasteiger partial charge in [-0.15, -0.1) is 11.3 Å². The Balaban J connectivity index is 1.42. The van der Waals surface area contributed by atoms with E-state index in [4.69, 9.17) is 4.74 Å². The molecule has 1 amide bonds. The number of aryl methyl sites for hydroxylation is 1. The minimum atomic E-state index is -0.438. The molecule has 156 valence electrons. The largest absolute Gasteiger partial charge is 0.436 e. The summed E-state index contributed by atoms with van der Waals surface area (Å²) in [6, 6.07) is 10.4. The first-order chi connectivity index (χ1) is 14.5. The van der Waals surface area contributed by atoms with Gasteiger partial charge in [-0.05, 0) is 43.0 Å². The highest BCUT2D eigenvalue weighted by Crippen LogP contribution is 2.27. The number of thiophene rings is 1. The molecule has 0 aliphatic carbocycles. The number of benzene rings is 1. The van der Waals surface area contributed by atoms with Crippen molar-refractivity contribution in [3.63, 3.8) is 0 Å². The number of rotatable bonds is 5. The van der Waals surface area contributed by atoms with E-state index in [1.807, 2.05) is 36.3 Å². The van der Waals surface area contributed by atoms with E-state index < -0.39 is 5.82 Å². The molecule has 6 nitrogen and oxygen atoms in total. The zero-order valence-corrected chi connectivity index (χ0v) is 17.7. The normalized spacial score (nSPS) is 16.6. The van der Waals surface area contributed by atoms with E-state index in [1.165, 1.54) is 12.4 Å². The van der Waals surface area contributed by atoms with Gasteiger partial charge >= 0.3 is 0 Å². The molecule has 0 saturated carbocycles. The van der Waals surface area contributed by atoms with Gasteiger partial charge < -0.3 is 14.5 Å². The minimum Gasteiger partial charge on any atom is -0.436 e. The monoisotopic (exact) mass is 426 g/mol. The van der Waals surface area contributed by atoms with E-state index in [9.17, 15) is 9.18 Å². The van der Waals surface area contributed by atoms with E-state index in [2.05, 4.69) is 14.9 Å². The highest BCUT2D eigenvalue weighted by atomic mass is 32.1. The van der Waals surface area contributed by atoms with E-state index in [0.717, 1.165) is 10.4 Å². The van der Waals surface area contributed by atoms with Gasteiger partial charge in [-0.3, -0.25) is 4.79 Å². The zero-order valence-electron chi connectivity index (χ0n) is 16.9. The minimum absolute atomic E-state index is 0.0553. The summed E-state index contributed by atoms with van der Waals surface area (Å²) in [7, 11) is 0. The molecule has 0 radical (unpaired) electrons. The van der Waals surface area contributed by atoms with Crippen LogP contribution in [0.5, 0.6) is 11.6 Å². The lowest BCUT2D eigenvalue weighted by Crippen LogP contribution is -2.54. The summed E-state index contributed by atoms with van der Waals surface area (Å²) in [6.45, 7) is 5.86. The van der Waals surface area contributed by atoms with Crippen molar-refractivity contribution in [2.24, 2.45) is 0 Å². The molecule has 1 saturated heterocycles. The van der Waals surface area contributed by atoms with Crippen molar-refractivity contribution in [1.82, 2.24) is 14.9 Å². The van der Waals surface area contributed by atoms with Gasteiger partial charge in [0, 0.05) is 36.6 Å². The topological polar surface area (TPSA) is 58.6 Å². The molecule has 1 aliphatic heterocycles. The average Bonchev–Trinajstić information content (AvgIpc) is 3.24. The summed E-state index contributed by atoms with van der Waals surface area (Å²) in [5, 5.41) is 1.99. The number of anilines is 1. The maximum Gasteiger partial charge on any atom is 0.228 e. The standard InChI is InChI=1S/C22H23FN4O2S/c1-15-5-6-18(23)19(10-15)29-21-12-20(24-14-25-21)26-7-8-27(16(2)13-26)22(28)11-17-4-3-9-30-17/h3-6,9-10,12,14,16H,7-8,11,13H2,1-2H3. The number of carbonyl (C=O) groups excluding carboxylic acids is 1. The molecule has 3 aromatic rings. The van der Waals surface area contributed by atoms with Crippen molar-refractivity contribution in [3.05, 3.63) is 64.4 Å². The van der Waals surface area contributed by atoms with Crippen LogP contribution in [0.25, 0.3) is 0 Å². The molecule has 2 aromatic heterocycles. The second-order valence-electron chi connectivity index (χ2n) is 7.39. The van der Waals surface area contributed by atoms with E-state index in [-0.39, 0.29) is 23.6 Å². The molecule has 8 heteroatoms. The van der Waals surface area contributed by atoms with Crippen LogP contribution in [0.2, 0.25) is 0 Å². The fourth-order valence-electron chi connectivity index (χ4n) is 3.56. The Morgan fingerprint density at radius 2 is 2.13 bits per heavy atom. The summed E-state index contributed by atoms with van der Waals surface area (Å²) in [4.78, 5) is 26.2. The highest BCUT2D eigenvalue weighted by molar-refractivity contribution is 7.10. The number of carbonyl (C=O) groups is 1. The third kappa shape index (κ3) is 4.59. The number of nitrogens with zero attached hydrogens (tertiary/aromatic N) is 4. The van der Waals surface area contributed by atoms with Crippen LogP contribution in [0.3, 0.4) is 0 Å². The molecule has 0 N–H and O–H groups in total. The quantitative estimate of drug-likeness (QED) is 0.616. The van der Waals surface area contributed by atoms with E-state index in [1.54, 1.807) is 29.5 Å². The fraction of sp³-hybridized carbons (Fsp3) is 0.318. The van der Waals surface area contributed by atoms with Crippen LogP contribution in [-0.4, -0.2) is 46.5 Å². The van der Waals surface area contributed by atoms with Crippen molar-refractivity contribution in [2.45, 2.75) is 26.3 Å². The summed E-state index contributed by atoms with van der Waals surface area (Å²) in [5.41, 5.74) is 0.901. The van der Waals surface area contributed by atoms with Crippen LogP contribution in [-0.2, 0) is 11.2 Å². The lowest BCUT2D eigenvalue weighted by molar-refractivity contribution is -0.132. The summed E-state index contributed by atoms with van der Waals surface area (Å²) < 4.78 is 19.7. The molecule has 4 rings (SSSR count). The molecule has 1 unspecified atom stereocenters. The molecule has 0 spiro atoms. The van der Waals surface area contributed by atoms with Gasteiger partial charge in [0.25, 0.3) is 0 Å². The van der Waals surface area contributed by atoms with Crippen LogP contribution in [0, 0.1) is 12.7 Å². The van der Waals surface area contributed by atoms with Gasteiger partial charge in [-0.1, -0.05) is 12.1 Å². The molecular weight excluding hydrogens is 403 g/mol. The first-order valence-electron chi connectivity index (χ1n) is 9.82. The Hall–Kier alpha value is -3.00. The maximum atomic E-state index is 14.0. The molecule has 3 heterocycles. The summed E-state index contributed by atoms with van der Waals surface area (Å²) in [6.07, 6.45) is 1.85. The molecule has 1 aliphatic rings. The van der Waals surface area contributed by atoms with Gasteiger partial charge in [0.15, 0.2) is 11.6 Å². The predicted octanol–water partition coefficient (Wildman–Crippen LogP) is 4.06. The van der Waals surface area contributed by atoms with Crippen LogP contribution in [0.4, 0.5) is 10.2 Å². The SMILES string of the molecule is Cc1ccc(F)c(Oc2cc(N3CCN(C(=O)Cc4cccs4)C(C)C3)ncn2)c1. The Bertz CT molecular complexity index is 1030. The summed E-state index contributed by atoms with van der Waals surface area (Å²) in [5.74, 6) is 0.828. The van der Waals surface area contributed by atoms with Crippen molar-refractivity contribution in [2.75, 3.05) is 24.5 Å². The van der Waals surface area contributed by atoms with Crippen LogP contribution < -0.4 is 9.64 Å².